The molecular formula is C11H23NO2S. The Bertz CT molecular complexity index is 217. The second-order valence-electron chi connectivity index (χ2n) is 4.83. The van der Waals surface area contributed by atoms with Gasteiger partial charge in [0.25, 0.3) is 0 Å². The van der Waals surface area contributed by atoms with Crippen LogP contribution in [0, 0.1) is 5.92 Å². The maximum absolute atomic E-state index is 11.8. The van der Waals surface area contributed by atoms with E-state index < -0.39 is 16.9 Å². The standard InChI is InChI=1S/C11H23NO2S/c1-8(2)9(3)15(14)7-11(13)6-12-10-4-5-10/h8-13H,4-7H2,1-3H3. The summed E-state index contributed by atoms with van der Waals surface area (Å²) in [6, 6.07) is 0.607. The molecule has 0 aromatic rings. The molecule has 4 heteroatoms. The zero-order valence-electron chi connectivity index (χ0n) is 9.90. The SMILES string of the molecule is CC(C)C(C)S(=O)CC(O)CNC1CC1. The van der Waals surface area contributed by atoms with Gasteiger partial charge in [0, 0.05) is 28.6 Å². The van der Waals surface area contributed by atoms with E-state index in [4.69, 9.17) is 0 Å². The third-order valence-electron chi connectivity index (χ3n) is 2.93. The molecule has 0 bridgehead atoms. The van der Waals surface area contributed by atoms with E-state index in [0.29, 0.717) is 24.3 Å². The van der Waals surface area contributed by atoms with Gasteiger partial charge in [-0.3, -0.25) is 4.21 Å². The van der Waals surface area contributed by atoms with Crippen LogP contribution in [0.25, 0.3) is 0 Å². The van der Waals surface area contributed by atoms with E-state index in [2.05, 4.69) is 19.2 Å². The van der Waals surface area contributed by atoms with E-state index in [0.717, 1.165) is 0 Å². The van der Waals surface area contributed by atoms with Gasteiger partial charge >= 0.3 is 0 Å². The van der Waals surface area contributed by atoms with Crippen LogP contribution in [0.1, 0.15) is 33.6 Å². The summed E-state index contributed by atoms with van der Waals surface area (Å²) in [6.45, 7) is 6.71. The van der Waals surface area contributed by atoms with Crippen molar-refractivity contribution in [3.63, 3.8) is 0 Å². The van der Waals surface area contributed by atoms with Crippen molar-refractivity contribution in [2.45, 2.75) is 51.0 Å². The van der Waals surface area contributed by atoms with Crippen LogP contribution in [0.3, 0.4) is 0 Å². The van der Waals surface area contributed by atoms with Crippen molar-refractivity contribution in [1.82, 2.24) is 5.32 Å². The second kappa shape index (κ2) is 5.97. The second-order valence-corrected chi connectivity index (χ2v) is 6.67. The van der Waals surface area contributed by atoms with Crippen molar-refractivity contribution < 1.29 is 9.32 Å². The molecule has 0 aromatic carbocycles. The molecule has 90 valence electrons. The van der Waals surface area contributed by atoms with Gasteiger partial charge in [0.2, 0.25) is 0 Å². The zero-order chi connectivity index (χ0) is 11.4. The maximum Gasteiger partial charge on any atom is 0.0779 e. The third kappa shape index (κ3) is 5.09. The minimum absolute atomic E-state index is 0.167. The Hall–Kier alpha value is 0.0700. The maximum atomic E-state index is 11.8. The highest BCUT2D eigenvalue weighted by Gasteiger charge is 2.23. The molecular weight excluding hydrogens is 210 g/mol. The first-order valence-corrected chi connectivity index (χ1v) is 7.17. The van der Waals surface area contributed by atoms with Crippen LogP contribution in [-0.4, -0.2) is 39.0 Å². The Morgan fingerprint density at radius 2 is 2.00 bits per heavy atom. The summed E-state index contributed by atoms with van der Waals surface area (Å²) in [5, 5.41) is 13.1. The van der Waals surface area contributed by atoms with Crippen molar-refractivity contribution in [1.29, 1.82) is 0 Å². The Kier molecular flexibility index (Phi) is 5.23. The summed E-state index contributed by atoms with van der Waals surface area (Å²) < 4.78 is 11.8. The topological polar surface area (TPSA) is 49.3 Å². The molecule has 3 unspecified atom stereocenters. The smallest absolute Gasteiger partial charge is 0.0779 e. The third-order valence-corrected chi connectivity index (χ3v) is 5.02. The van der Waals surface area contributed by atoms with Gasteiger partial charge < -0.3 is 10.4 Å². The van der Waals surface area contributed by atoms with Crippen LogP contribution in [0.15, 0.2) is 0 Å². The molecule has 3 atom stereocenters. The molecule has 1 fully saturated rings. The summed E-state index contributed by atoms with van der Waals surface area (Å²) in [4.78, 5) is 0. The lowest BCUT2D eigenvalue weighted by Crippen LogP contribution is -2.34. The van der Waals surface area contributed by atoms with Crippen LogP contribution in [0.2, 0.25) is 0 Å². The summed E-state index contributed by atoms with van der Waals surface area (Å²) in [6.07, 6.45) is 1.98. The first-order valence-electron chi connectivity index (χ1n) is 5.79. The van der Waals surface area contributed by atoms with Gasteiger partial charge in [-0.2, -0.15) is 0 Å². The lowest BCUT2D eigenvalue weighted by atomic mass is 10.2. The van der Waals surface area contributed by atoms with E-state index in [9.17, 15) is 9.32 Å². The molecule has 0 aliphatic heterocycles. The minimum atomic E-state index is -0.909. The van der Waals surface area contributed by atoms with Crippen LogP contribution in [-0.2, 0) is 10.8 Å². The molecule has 3 nitrogen and oxygen atoms in total. The molecule has 0 spiro atoms. The van der Waals surface area contributed by atoms with E-state index >= 15 is 0 Å². The van der Waals surface area contributed by atoms with Crippen molar-refractivity contribution in [2.24, 2.45) is 5.92 Å². The van der Waals surface area contributed by atoms with Crippen LogP contribution in [0.5, 0.6) is 0 Å². The van der Waals surface area contributed by atoms with Crippen molar-refractivity contribution in [3.8, 4) is 0 Å². The predicted molar refractivity (Wildman–Crippen MR) is 64.3 cm³/mol. The number of rotatable bonds is 7. The normalized spacial score (nSPS) is 22.7. The molecule has 15 heavy (non-hydrogen) atoms. The molecule has 0 saturated heterocycles. The molecule has 1 aliphatic rings. The average Bonchev–Trinajstić information content (AvgIpc) is 2.96. The van der Waals surface area contributed by atoms with Crippen LogP contribution in [0.4, 0.5) is 0 Å². The fourth-order valence-electron chi connectivity index (χ4n) is 1.29. The largest absolute Gasteiger partial charge is 0.391 e. The fraction of sp³-hybridized carbons (Fsp3) is 1.00. The van der Waals surface area contributed by atoms with E-state index in [1.165, 1.54) is 12.8 Å². The highest BCUT2D eigenvalue weighted by molar-refractivity contribution is 7.85. The lowest BCUT2D eigenvalue weighted by Gasteiger charge is -2.17. The van der Waals surface area contributed by atoms with Crippen LogP contribution < -0.4 is 5.32 Å². The van der Waals surface area contributed by atoms with Crippen LogP contribution >= 0.6 is 0 Å². The van der Waals surface area contributed by atoms with E-state index in [1.807, 2.05) is 6.92 Å². The summed E-state index contributed by atoms with van der Waals surface area (Å²) in [5.74, 6) is 0.813. The van der Waals surface area contributed by atoms with Gasteiger partial charge in [-0.05, 0) is 18.8 Å². The van der Waals surface area contributed by atoms with Gasteiger partial charge in [0.05, 0.1) is 11.9 Å². The highest BCUT2D eigenvalue weighted by atomic mass is 32.2. The number of aliphatic hydroxyl groups is 1. The molecule has 1 aliphatic carbocycles. The average molecular weight is 233 g/mol. The van der Waals surface area contributed by atoms with Crippen molar-refractivity contribution in [2.75, 3.05) is 12.3 Å². The molecule has 0 aromatic heterocycles. The number of hydrogen-bond acceptors (Lipinski definition) is 3. The molecule has 0 heterocycles. The first kappa shape index (κ1) is 13.1. The zero-order valence-corrected chi connectivity index (χ0v) is 10.7. The quantitative estimate of drug-likeness (QED) is 0.687. The monoisotopic (exact) mass is 233 g/mol. The molecule has 2 N–H and O–H groups in total. The van der Waals surface area contributed by atoms with Gasteiger partial charge in [0.1, 0.15) is 0 Å². The first-order chi connectivity index (χ1) is 7.00. The van der Waals surface area contributed by atoms with E-state index in [1.54, 1.807) is 0 Å². The Morgan fingerprint density at radius 3 is 2.47 bits per heavy atom. The summed E-state index contributed by atoms with van der Waals surface area (Å²) >= 11 is 0. The molecule has 0 amide bonds. The van der Waals surface area contributed by atoms with Gasteiger partial charge in [-0.15, -0.1) is 0 Å². The van der Waals surface area contributed by atoms with Crippen molar-refractivity contribution >= 4 is 10.8 Å². The minimum Gasteiger partial charge on any atom is -0.391 e. The van der Waals surface area contributed by atoms with Gasteiger partial charge in [-0.25, -0.2) is 0 Å². The summed E-state index contributed by atoms with van der Waals surface area (Å²) in [7, 11) is -0.909. The Labute approximate surface area is 95.1 Å². The van der Waals surface area contributed by atoms with E-state index in [-0.39, 0.29) is 5.25 Å². The molecule has 1 saturated carbocycles. The predicted octanol–water partition coefficient (Wildman–Crippen LogP) is 0.892. The number of hydrogen-bond donors (Lipinski definition) is 2. The molecule has 1 rings (SSSR count). The fourth-order valence-corrected chi connectivity index (χ4v) is 2.70. The Balaban J connectivity index is 2.17. The number of nitrogens with one attached hydrogen (secondary N) is 1. The molecule has 0 radical (unpaired) electrons. The van der Waals surface area contributed by atoms with Gasteiger partial charge in [0.15, 0.2) is 0 Å². The highest BCUT2D eigenvalue weighted by Crippen LogP contribution is 2.18. The number of aliphatic hydroxyl groups excluding tert-OH is 1. The lowest BCUT2D eigenvalue weighted by molar-refractivity contribution is 0.194. The van der Waals surface area contributed by atoms with Crippen molar-refractivity contribution in [3.05, 3.63) is 0 Å². The Morgan fingerprint density at radius 1 is 1.40 bits per heavy atom. The van der Waals surface area contributed by atoms with Gasteiger partial charge in [-0.1, -0.05) is 20.8 Å². The summed E-state index contributed by atoms with van der Waals surface area (Å²) in [5.41, 5.74) is 0.